The lowest BCUT2D eigenvalue weighted by Crippen LogP contribution is -2.56. The van der Waals surface area contributed by atoms with Crippen molar-refractivity contribution in [3.05, 3.63) is 23.8 Å². The van der Waals surface area contributed by atoms with Crippen molar-refractivity contribution in [2.75, 3.05) is 25.0 Å². The van der Waals surface area contributed by atoms with Crippen LogP contribution in [-0.2, 0) is 26.0 Å². The van der Waals surface area contributed by atoms with Crippen molar-refractivity contribution in [3.63, 3.8) is 0 Å². The Labute approximate surface area is 206 Å². The number of likely N-dealkylation sites (tertiary alicyclic amines) is 1. The minimum atomic E-state index is -4.10. The molecule has 4 atom stereocenters. The molecule has 3 rings (SSSR count). The maximum absolute atomic E-state index is 13.5. The fourth-order valence-corrected chi connectivity index (χ4v) is 6.17. The van der Waals surface area contributed by atoms with Gasteiger partial charge in [-0.1, -0.05) is 26.0 Å². The molecule has 1 amide bonds. The number of para-hydroxylation sites is 1. The molecular formula is C23H36N6O5S. The Kier molecular flexibility index (Phi) is 8.60. The summed E-state index contributed by atoms with van der Waals surface area (Å²) >= 11 is 0. The van der Waals surface area contributed by atoms with E-state index < -0.39 is 34.0 Å². The summed E-state index contributed by atoms with van der Waals surface area (Å²) in [6, 6.07) is 2.94. The van der Waals surface area contributed by atoms with Crippen LogP contribution in [-0.4, -0.2) is 68.0 Å². The Morgan fingerprint density at radius 1 is 1.29 bits per heavy atom. The summed E-state index contributed by atoms with van der Waals surface area (Å²) in [5.41, 5.74) is 12.2. The number of amides is 1. The molecule has 35 heavy (non-hydrogen) atoms. The van der Waals surface area contributed by atoms with Gasteiger partial charge >= 0.3 is 5.97 Å². The molecule has 1 fully saturated rings. The van der Waals surface area contributed by atoms with Crippen LogP contribution < -0.4 is 21.5 Å². The number of rotatable bonds is 9. The number of nitrogens with two attached hydrogens (primary N) is 2. The topological polar surface area (TPSA) is 180 Å². The van der Waals surface area contributed by atoms with Gasteiger partial charge in [0, 0.05) is 19.6 Å². The molecule has 2 aliphatic rings. The number of fused-ring (bicyclic) bond motifs is 1. The van der Waals surface area contributed by atoms with Crippen molar-refractivity contribution < 1.29 is 23.1 Å². The predicted molar refractivity (Wildman–Crippen MR) is 133 cm³/mol. The lowest BCUT2D eigenvalue weighted by Gasteiger charge is -2.38. The average molecular weight is 509 g/mol. The number of nitrogens with zero attached hydrogens (tertiary/aromatic N) is 2. The quantitative estimate of drug-likeness (QED) is 0.184. The van der Waals surface area contributed by atoms with E-state index >= 15 is 0 Å². The highest BCUT2D eigenvalue weighted by atomic mass is 32.2. The van der Waals surface area contributed by atoms with Crippen LogP contribution in [0.3, 0.4) is 0 Å². The molecule has 1 aromatic carbocycles. The second kappa shape index (κ2) is 11.3. The van der Waals surface area contributed by atoms with Crippen LogP contribution in [0, 0.1) is 11.8 Å². The summed E-state index contributed by atoms with van der Waals surface area (Å²) in [4.78, 5) is 30.7. The standard InChI is InChI=1S/C23H36N6O5S/c1-14-8-10-29(18(12-14)22(31)32)21(30)17(6-4-9-26-23(24)25)28-35(33,34)19-7-3-5-16-11-15(2)13-27-20(16)19/h3,5,7,14-15,17-18,27-28H,4,6,8-13H2,1-2H3,(H,31,32)(H4,24,25,26)/t14?,15-,17+,18?/m1/s1. The second-order valence-corrected chi connectivity index (χ2v) is 11.3. The highest BCUT2D eigenvalue weighted by Crippen LogP contribution is 2.31. The van der Waals surface area contributed by atoms with Crippen molar-refractivity contribution in [3.8, 4) is 0 Å². The molecule has 0 aromatic heterocycles. The number of benzene rings is 1. The monoisotopic (exact) mass is 508 g/mol. The van der Waals surface area contributed by atoms with Crippen LogP contribution in [0.4, 0.5) is 5.69 Å². The van der Waals surface area contributed by atoms with E-state index in [2.05, 4.69) is 22.0 Å². The van der Waals surface area contributed by atoms with E-state index in [4.69, 9.17) is 11.5 Å². The van der Waals surface area contributed by atoms with Crippen LogP contribution in [0.5, 0.6) is 0 Å². The van der Waals surface area contributed by atoms with Crippen molar-refractivity contribution in [2.24, 2.45) is 28.3 Å². The number of hydrogen-bond acceptors (Lipinski definition) is 6. The molecular weight excluding hydrogens is 472 g/mol. The molecule has 2 unspecified atom stereocenters. The number of nitrogens with one attached hydrogen (secondary N) is 2. The number of hydrogen-bond donors (Lipinski definition) is 5. The molecule has 1 saturated heterocycles. The third kappa shape index (κ3) is 6.63. The third-order valence-corrected chi connectivity index (χ3v) is 8.09. The highest BCUT2D eigenvalue weighted by molar-refractivity contribution is 7.89. The van der Waals surface area contributed by atoms with Gasteiger partial charge in [0.25, 0.3) is 0 Å². The number of sulfonamides is 1. The van der Waals surface area contributed by atoms with Crippen molar-refractivity contribution >= 4 is 33.5 Å². The molecule has 0 saturated carbocycles. The van der Waals surface area contributed by atoms with Crippen LogP contribution in [0.25, 0.3) is 0 Å². The van der Waals surface area contributed by atoms with E-state index in [1.165, 1.54) is 11.0 Å². The van der Waals surface area contributed by atoms with Gasteiger partial charge in [0.05, 0.1) is 5.69 Å². The molecule has 0 bridgehead atoms. The highest BCUT2D eigenvalue weighted by Gasteiger charge is 2.39. The van der Waals surface area contributed by atoms with E-state index in [0.29, 0.717) is 37.4 Å². The Morgan fingerprint density at radius 3 is 2.71 bits per heavy atom. The summed E-state index contributed by atoms with van der Waals surface area (Å²) in [7, 11) is -4.10. The minimum absolute atomic E-state index is 0.0750. The number of carbonyl (C=O) groups excluding carboxylic acids is 1. The van der Waals surface area contributed by atoms with Gasteiger partial charge in [0.1, 0.15) is 17.0 Å². The Morgan fingerprint density at radius 2 is 2.03 bits per heavy atom. The zero-order valence-corrected chi connectivity index (χ0v) is 21.1. The number of guanidine groups is 1. The third-order valence-electron chi connectivity index (χ3n) is 6.57. The van der Waals surface area contributed by atoms with Gasteiger partial charge in [0.15, 0.2) is 5.96 Å². The van der Waals surface area contributed by atoms with E-state index in [0.717, 1.165) is 12.0 Å². The molecule has 194 valence electrons. The zero-order valence-electron chi connectivity index (χ0n) is 20.2. The lowest BCUT2D eigenvalue weighted by molar-refractivity contribution is -0.153. The number of carboxylic acids is 1. The second-order valence-electron chi connectivity index (χ2n) is 9.62. The van der Waals surface area contributed by atoms with Crippen molar-refractivity contribution in [1.29, 1.82) is 0 Å². The molecule has 11 nitrogen and oxygen atoms in total. The van der Waals surface area contributed by atoms with Gasteiger partial charge in [-0.2, -0.15) is 4.72 Å². The number of aliphatic imine (C=N–C) groups is 1. The largest absolute Gasteiger partial charge is 0.480 e. The maximum Gasteiger partial charge on any atom is 0.326 e. The number of anilines is 1. The molecule has 2 heterocycles. The zero-order chi connectivity index (χ0) is 25.8. The first-order chi connectivity index (χ1) is 16.5. The number of piperidine rings is 1. The Hall–Kier alpha value is -2.86. The fourth-order valence-electron chi connectivity index (χ4n) is 4.72. The summed E-state index contributed by atoms with van der Waals surface area (Å²) in [6.45, 7) is 5.14. The van der Waals surface area contributed by atoms with Crippen molar-refractivity contribution in [1.82, 2.24) is 9.62 Å². The van der Waals surface area contributed by atoms with Gasteiger partial charge in [-0.3, -0.25) is 9.79 Å². The summed E-state index contributed by atoms with van der Waals surface area (Å²) < 4.78 is 29.5. The maximum atomic E-state index is 13.5. The SMILES string of the molecule is CC1CCN(C(=O)[C@H](CCCN=C(N)N)NS(=O)(=O)c2cccc3c2NC[C@H](C)C3)C(C(=O)O)C1. The van der Waals surface area contributed by atoms with Crippen LogP contribution in [0.15, 0.2) is 28.1 Å². The molecule has 0 radical (unpaired) electrons. The Balaban J connectivity index is 1.88. The first-order valence-electron chi connectivity index (χ1n) is 12.0. The fraction of sp³-hybridized carbons (Fsp3) is 0.609. The van der Waals surface area contributed by atoms with Crippen LogP contribution in [0.1, 0.15) is 45.1 Å². The summed E-state index contributed by atoms with van der Waals surface area (Å²) in [6.07, 6.45) is 2.17. The molecule has 0 spiro atoms. The molecule has 12 heteroatoms. The molecule has 7 N–H and O–H groups in total. The number of carboxylic acid groups (broad SMARTS) is 1. The molecule has 1 aromatic rings. The predicted octanol–water partition coefficient (Wildman–Crippen LogP) is 0.703. The molecule has 0 aliphatic carbocycles. The lowest BCUT2D eigenvalue weighted by atomic mass is 9.91. The number of aliphatic carboxylic acids is 1. The summed E-state index contributed by atoms with van der Waals surface area (Å²) in [5, 5.41) is 12.9. The van der Waals surface area contributed by atoms with E-state index in [1.807, 2.05) is 13.0 Å². The van der Waals surface area contributed by atoms with Gasteiger partial charge in [-0.25, -0.2) is 13.2 Å². The van der Waals surface area contributed by atoms with Gasteiger partial charge < -0.3 is 26.8 Å². The van der Waals surface area contributed by atoms with Gasteiger partial charge in [-0.15, -0.1) is 0 Å². The van der Waals surface area contributed by atoms with Crippen LogP contribution in [0.2, 0.25) is 0 Å². The van der Waals surface area contributed by atoms with Gasteiger partial charge in [-0.05, 0) is 55.6 Å². The molecule has 2 aliphatic heterocycles. The minimum Gasteiger partial charge on any atom is -0.480 e. The van der Waals surface area contributed by atoms with Crippen molar-refractivity contribution in [2.45, 2.75) is 62.9 Å². The van der Waals surface area contributed by atoms with E-state index in [9.17, 15) is 23.1 Å². The normalized spacial score (nSPS) is 23.0. The van der Waals surface area contributed by atoms with E-state index in [-0.39, 0.29) is 36.3 Å². The van der Waals surface area contributed by atoms with E-state index in [1.54, 1.807) is 6.07 Å². The smallest absolute Gasteiger partial charge is 0.326 e. The van der Waals surface area contributed by atoms with Gasteiger partial charge in [0.2, 0.25) is 15.9 Å². The first-order valence-corrected chi connectivity index (χ1v) is 13.4. The van der Waals surface area contributed by atoms with Crippen LogP contribution >= 0.6 is 0 Å². The average Bonchev–Trinajstić information content (AvgIpc) is 2.79. The first kappa shape index (κ1) is 26.7. The Bertz CT molecular complexity index is 1070. The summed E-state index contributed by atoms with van der Waals surface area (Å²) in [5.74, 6) is -1.22. The number of carbonyl (C=O) groups is 2.